The number of nitrogens with two attached hydrogens (primary N) is 1. The summed E-state index contributed by atoms with van der Waals surface area (Å²) < 4.78 is 14.0. The van der Waals surface area contributed by atoms with Gasteiger partial charge in [-0.3, -0.25) is 4.79 Å². The fourth-order valence-electron chi connectivity index (χ4n) is 2.21. The molecule has 1 aliphatic rings. The number of carbonyl (C=O) groups is 1. The second-order valence-corrected chi connectivity index (χ2v) is 5.67. The van der Waals surface area contributed by atoms with Gasteiger partial charge >= 0.3 is 0 Å². The van der Waals surface area contributed by atoms with E-state index >= 15 is 0 Å². The summed E-state index contributed by atoms with van der Waals surface area (Å²) in [6.07, 6.45) is 0.134. The van der Waals surface area contributed by atoms with E-state index in [4.69, 9.17) is 17.3 Å². The lowest BCUT2D eigenvalue weighted by Gasteiger charge is -2.22. The minimum atomic E-state index is -0.438. The van der Waals surface area contributed by atoms with Gasteiger partial charge in [-0.15, -0.1) is 0 Å². The standard InChI is InChI=1S/C12H9ClFN3OS/c13-6-2-1-3-7(14)9(6)5-4-8(18)16-11-10(5)19-12(15)17-11/h1-3,5H,4H2,(H2,15,17)(H,16,18)/t5-/m0/s1. The molecule has 0 radical (unpaired) electrons. The van der Waals surface area contributed by atoms with Crippen molar-refractivity contribution in [2.45, 2.75) is 12.3 Å². The van der Waals surface area contributed by atoms with E-state index in [0.29, 0.717) is 21.5 Å². The molecule has 0 fully saturated rings. The Bertz CT molecular complexity index is 653. The van der Waals surface area contributed by atoms with Crippen molar-refractivity contribution in [3.05, 3.63) is 39.5 Å². The normalized spacial score (nSPS) is 18.0. The molecule has 4 nitrogen and oxygen atoms in total. The predicted octanol–water partition coefficient (Wildman–Crippen LogP) is 2.99. The Labute approximate surface area is 117 Å². The van der Waals surface area contributed by atoms with Gasteiger partial charge in [-0.2, -0.15) is 0 Å². The van der Waals surface area contributed by atoms with Gasteiger partial charge in [-0.05, 0) is 12.1 Å². The van der Waals surface area contributed by atoms with Crippen LogP contribution in [0, 0.1) is 5.82 Å². The molecule has 2 heterocycles. The van der Waals surface area contributed by atoms with Gasteiger partial charge in [0.15, 0.2) is 5.13 Å². The first kappa shape index (κ1) is 12.4. The smallest absolute Gasteiger partial charge is 0.226 e. The molecule has 1 aliphatic heterocycles. The highest BCUT2D eigenvalue weighted by atomic mass is 35.5. The minimum absolute atomic E-state index is 0.134. The summed E-state index contributed by atoms with van der Waals surface area (Å²) in [5.41, 5.74) is 5.97. The number of nitrogens with zero attached hydrogens (tertiary/aromatic N) is 1. The number of nitrogens with one attached hydrogen (secondary N) is 1. The lowest BCUT2D eigenvalue weighted by molar-refractivity contribution is -0.116. The molecule has 7 heteroatoms. The number of anilines is 2. The van der Waals surface area contributed by atoms with Gasteiger partial charge in [-0.25, -0.2) is 9.37 Å². The van der Waals surface area contributed by atoms with E-state index in [0.717, 1.165) is 4.88 Å². The van der Waals surface area contributed by atoms with Gasteiger partial charge in [0.2, 0.25) is 5.91 Å². The Hall–Kier alpha value is -1.66. The molecule has 0 aliphatic carbocycles. The average molecular weight is 298 g/mol. The lowest BCUT2D eigenvalue weighted by Crippen LogP contribution is -2.23. The van der Waals surface area contributed by atoms with Gasteiger partial charge in [0.05, 0.1) is 4.88 Å². The zero-order chi connectivity index (χ0) is 13.6. The first-order valence-electron chi connectivity index (χ1n) is 5.56. The van der Waals surface area contributed by atoms with Crippen molar-refractivity contribution in [3.8, 4) is 0 Å². The molecule has 1 atom stereocenters. The van der Waals surface area contributed by atoms with Gasteiger partial charge in [-0.1, -0.05) is 29.0 Å². The summed E-state index contributed by atoms with van der Waals surface area (Å²) in [6.45, 7) is 0. The van der Waals surface area contributed by atoms with Crippen molar-refractivity contribution in [1.29, 1.82) is 0 Å². The van der Waals surface area contributed by atoms with Gasteiger partial charge < -0.3 is 11.1 Å². The number of amides is 1. The van der Waals surface area contributed by atoms with Crippen LogP contribution >= 0.6 is 22.9 Å². The Kier molecular flexibility index (Phi) is 2.91. The van der Waals surface area contributed by atoms with E-state index in [1.165, 1.54) is 23.5 Å². The molecule has 19 heavy (non-hydrogen) atoms. The minimum Gasteiger partial charge on any atom is -0.375 e. The molecule has 1 aromatic heterocycles. The number of thiazole rings is 1. The molecule has 2 aromatic rings. The van der Waals surface area contributed by atoms with Crippen molar-refractivity contribution >= 4 is 39.8 Å². The zero-order valence-electron chi connectivity index (χ0n) is 9.61. The summed E-state index contributed by atoms with van der Waals surface area (Å²) in [6, 6.07) is 4.47. The van der Waals surface area contributed by atoms with E-state index in [-0.39, 0.29) is 12.3 Å². The molecular formula is C12H9ClFN3OS. The average Bonchev–Trinajstić information content (AvgIpc) is 2.69. The van der Waals surface area contributed by atoms with Crippen molar-refractivity contribution in [2.24, 2.45) is 0 Å². The van der Waals surface area contributed by atoms with Crippen molar-refractivity contribution in [1.82, 2.24) is 4.98 Å². The van der Waals surface area contributed by atoms with Crippen LogP contribution in [0.3, 0.4) is 0 Å². The molecule has 3 rings (SSSR count). The summed E-state index contributed by atoms with van der Waals surface area (Å²) in [5, 5.41) is 3.28. The van der Waals surface area contributed by atoms with Crippen molar-refractivity contribution in [3.63, 3.8) is 0 Å². The molecule has 0 saturated carbocycles. The molecule has 98 valence electrons. The summed E-state index contributed by atoms with van der Waals surface area (Å²) >= 11 is 7.30. The number of hydrogen-bond acceptors (Lipinski definition) is 4. The Morgan fingerprint density at radius 2 is 2.32 bits per heavy atom. The van der Waals surface area contributed by atoms with Crippen LogP contribution in [-0.4, -0.2) is 10.9 Å². The van der Waals surface area contributed by atoms with E-state index in [1.807, 2.05) is 0 Å². The molecule has 0 saturated heterocycles. The maximum Gasteiger partial charge on any atom is 0.226 e. The molecule has 0 unspecified atom stereocenters. The highest BCUT2D eigenvalue weighted by molar-refractivity contribution is 7.16. The highest BCUT2D eigenvalue weighted by Gasteiger charge is 2.32. The number of rotatable bonds is 1. The number of nitrogen functional groups attached to an aromatic ring is 1. The highest BCUT2D eigenvalue weighted by Crippen LogP contribution is 2.44. The Balaban J connectivity index is 2.18. The largest absolute Gasteiger partial charge is 0.375 e. The first-order chi connectivity index (χ1) is 9.06. The Morgan fingerprint density at radius 3 is 3.05 bits per heavy atom. The van der Waals surface area contributed by atoms with Crippen LogP contribution in [0.2, 0.25) is 5.02 Å². The van der Waals surface area contributed by atoms with Crippen LogP contribution in [0.15, 0.2) is 18.2 Å². The second kappa shape index (κ2) is 4.47. The van der Waals surface area contributed by atoms with Crippen LogP contribution in [0.4, 0.5) is 15.3 Å². The molecule has 0 spiro atoms. The van der Waals surface area contributed by atoms with Crippen LogP contribution in [0.1, 0.15) is 22.8 Å². The van der Waals surface area contributed by atoms with Crippen molar-refractivity contribution in [2.75, 3.05) is 11.1 Å². The van der Waals surface area contributed by atoms with Crippen LogP contribution in [0.25, 0.3) is 0 Å². The molecular weight excluding hydrogens is 289 g/mol. The SMILES string of the molecule is Nc1nc2c(s1)[C@H](c1c(F)cccc1Cl)CC(=O)N2. The van der Waals surface area contributed by atoms with Crippen LogP contribution in [-0.2, 0) is 4.79 Å². The zero-order valence-corrected chi connectivity index (χ0v) is 11.2. The number of benzene rings is 1. The molecule has 0 bridgehead atoms. The van der Waals surface area contributed by atoms with Gasteiger partial charge in [0, 0.05) is 22.9 Å². The second-order valence-electron chi connectivity index (χ2n) is 4.21. The van der Waals surface area contributed by atoms with E-state index < -0.39 is 11.7 Å². The van der Waals surface area contributed by atoms with Gasteiger partial charge in [0.25, 0.3) is 0 Å². The summed E-state index contributed by atoms with van der Waals surface area (Å²) in [4.78, 5) is 16.5. The monoisotopic (exact) mass is 297 g/mol. The number of hydrogen-bond donors (Lipinski definition) is 2. The quantitative estimate of drug-likeness (QED) is 0.850. The summed E-state index contributed by atoms with van der Waals surface area (Å²) in [5.74, 6) is -0.678. The number of aromatic nitrogens is 1. The van der Waals surface area contributed by atoms with Crippen LogP contribution in [0.5, 0.6) is 0 Å². The van der Waals surface area contributed by atoms with Crippen molar-refractivity contribution < 1.29 is 9.18 Å². The molecule has 3 N–H and O–H groups in total. The van der Waals surface area contributed by atoms with E-state index in [1.54, 1.807) is 6.07 Å². The maximum atomic E-state index is 14.0. The lowest BCUT2D eigenvalue weighted by atomic mass is 9.91. The van der Waals surface area contributed by atoms with Gasteiger partial charge in [0.1, 0.15) is 11.6 Å². The molecule has 1 amide bonds. The third-order valence-electron chi connectivity index (χ3n) is 2.98. The topological polar surface area (TPSA) is 68.0 Å². The fraction of sp³-hybridized carbons (Fsp3) is 0.167. The van der Waals surface area contributed by atoms with E-state index in [2.05, 4.69) is 10.3 Å². The summed E-state index contributed by atoms with van der Waals surface area (Å²) in [7, 11) is 0. The maximum absolute atomic E-state index is 14.0. The fourth-order valence-corrected chi connectivity index (χ4v) is 3.41. The first-order valence-corrected chi connectivity index (χ1v) is 6.75. The number of fused-ring (bicyclic) bond motifs is 1. The number of halogens is 2. The molecule has 1 aromatic carbocycles. The predicted molar refractivity (Wildman–Crippen MR) is 73.0 cm³/mol. The third-order valence-corrected chi connectivity index (χ3v) is 4.31. The number of carbonyl (C=O) groups excluding carboxylic acids is 1. The third kappa shape index (κ3) is 2.06. The van der Waals surface area contributed by atoms with Crippen LogP contribution < -0.4 is 11.1 Å². The van der Waals surface area contributed by atoms with E-state index in [9.17, 15) is 9.18 Å². The Morgan fingerprint density at radius 1 is 1.53 bits per heavy atom.